The van der Waals surface area contributed by atoms with Gasteiger partial charge in [-0.2, -0.15) is 0 Å². The number of hydrogen-bond acceptors (Lipinski definition) is 3. The van der Waals surface area contributed by atoms with E-state index in [2.05, 4.69) is 15.1 Å². The SMILES string of the molecule is COC1NO1. The second-order valence-corrected chi connectivity index (χ2v) is 0.803. The normalized spacial score (nSPS) is 34.2. The molecule has 1 saturated heterocycles. The third-order valence-corrected chi connectivity index (χ3v) is 0.428. The smallest absolute Gasteiger partial charge is 0.256 e. The summed E-state index contributed by atoms with van der Waals surface area (Å²) in [6.45, 7) is 0. The summed E-state index contributed by atoms with van der Waals surface area (Å²) in [4.78, 5) is 4.39. The molecule has 1 fully saturated rings. The van der Waals surface area contributed by atoms with Crippen molar-refractivity contribution >= 4 is 0 Å². The van der Waals surface area contributed by atoms with Crippen molar-refractivity contribution in [2.75, 3.05) is 7.11 Å². The van der Waals surface area contributed by atoms with Gasteiger partial charge in [-0.05, 0) is 0 Å². The fourth-order valence-corrected chi connectivity index (χ4v) is 0.124. The fourth-order valence-electron chi connectivity index (χ4n) is 0.124. The molecule has 1 aliphatic heterocycles. The molecule has 0 amide bonds. The van der Waals surface area contributed by atoms with E-state index in [0.717, 1.165) is 0 Å². The van der Waals surface area contributed by atoms with Crippen LogP contribution in [0.25, 0.3) is 0 Å². The standard InChI is InChI=1S/C2H5NO2/c1-4-2-3-5-2/h2-3H,1H3. The number of nitrogens with one attached hydrogen (secondary N) is 1. The van der Waals surface area contributed by atoms with Gasteiger partial charge in [-0.25, -0.2) is 4.84 Å². The third-order valence-electron chi connectivity index (χ3n) is 0.428. The minimum atomic E-state index is -0.116. The first-order chi connectivity index (χ1) is 2.43. The summed E-state index contributed by atoms with van der Waals surface area (Å²) >= 11 is 0. The van der Waals surface area contributed by atoms with Gasteiger partial charge in [0.1, 0.15) is 0 Å². The van der Waals surface area contributed by atoms with E-state index in [9.17, 15) is 0 Å². The number of methoxy groups -OCH3 is 1. The Labute approximate surface area is 29.8 Å². The highest BCUT2D eigenvalue weighted by Gasteiger charge is 2.19. The van der Waals surface area contributed by atoms with Crippen molar-refractivity contribution < 1.29 is 9.57 Å². The van der Waals surface area contributed by atoms with Crippen molar-refractivity contribution in [3.05, 3.63) is 0 Å². The molecule has 3 heteroatoms. The van der Waals surface area contributed by atoms with E-state index in [-0.39, 0.29) is 6.41 Å². The minimum Gasteiger partial charge on any atom is -0.341 e. The first-order valence-electron chi connectivity index (χ1n) is 1.37. The number of rotatable bonds is 1. The first kappa shape index (κ1) is 3.08. The molecular formula is C2H5NO2. The molecule has 0 saturated carbocycles. The van der Waals surface area contributed by atoms with Crippen LogP contribution in [0.1, 0.15) is 0 Å². The van der Waals surface area contributed by atoms with E-state index in [1.54, 1.807) is 7.11 Å². The predicted molar refractivity (Wildman–Crippen MR) is 15.0 cm³/mol. The topological polar surface area (TPSA) is 43.7 Å². The maximum absolute atomic E-state index is 4.53. The summed E-state index contributed by atoms with van der Waals surface area (Å²) in [5, 5.41) is 0. The van der Waals surface area contributed by atoms with E-state index in [4.69, 9.17) is 0 Å². The lowest BCUT2D eigenvalue weighted by atomic mass is 11.3. The molecule has 30 valence electrons. The van der Waals surface area contributed by atoms with Crippen LogP contribution < -0.4 is 5.48 Å². The molecule has 1 atom stereocenters. The first-order valence-corrected chi connectivity index (χ1v) is 1.37. The van der Waals surface area contributed by atoms with Crippen LogP contribution in [0, 0.1) is 0 Å². The molecule has 1 heterocycles. The Morgan fingerprint density at radius 3 is 2.60 bits per heavy atom. The molecule has 0 bridgehead atoms. The second-order valence-electron chi connectivity index (χ2n) is 0.803. The zero-order chi connectivity index (χ0) is 3.70. The summed E-state index contributed by atoms with van der Waals surface area (Å²) in [6, 6.07) is 0. The maximum atomic E-state index is 4.53. The predicted octanol–water partition coefficient (Wildman–Crippen LogP) is -0.549. The molecule has 5 heavy (non-hydrogen) atoms. The van der Waals surface area contributed by atoms with Gasteiger partial charge < -0.3 is 4.74 Å². The molecule has 0 aromatic heterocycles. The molecule has 1 N–H and O–H groups in total. The van der Waals surface area contributed by atoms with Gasteiger partial charge in [0, 0.05) is 7.11 Å². The summed E-state index contributed by atoms with van der Waals surface area (Å²) < 4.78 is 4.53. The Hall–Kier alpha value is -0.120. The lowest BCUT2D eigenvalue weighted by Gasteiger charge is -1.73. The van der Waals surface area contributed by atoms with Crippen LogP contribution in [0.3, 0.4) is 0 Å². The Kier molecular flexibility index (Phi) is 0.574. The van der Waals surface area contributed by atoms with Crippen molar-refractivity contribution in [1.82, 2.24) is 5.48 Å². The average Bonchev–Trinajstić information content (AvgIpc) is 2.12. The molecular weight excluding hydrogens is 70.0 g/mol. The highest BCUT2D eigenvalue weighted by Crippen LogP contribution is 1.96. The van der Waals surface area contributed by atoms with Crippen LogP contribution in [0.5, 0.6) is 0 Å². The zero-order valence-corrected chi connectivity index (χ0v) is 2.89. The average molecular weight is 75.1 g/mol. The van der Waals surface area contributed by atoms with Gasteiger partial charge >= 0.3 is 0 Å². The Morgan fingerprint density at radius 1 is 2.00 bits per heavy atom. The molecule has 0 radical (unpaired) electrons. The van der Waals surface area contributed by atoms with Gasteiger partial charge in [0.2, 0.25) is 0 Å². The zero-order valence-electron chi connectivity index (χ0n) is 2.89. The quantitative estimate of drug-likeness (QED) is 0.425. The summed E-state index contributed by atoms with van der Waals surface area (Å²) in [7, 11) is 1.57. The van der Waals surface area contributed by atoms with E-state index in [1.165, 1.54) is 0 Å². The summed E-state index contributed by atoms with van der Waals surface area (Å²) in [5.41, 5.74) is 2.46. The number of ether oxygens (including phenoxy) is 1. The van der Waals surface area contributed by atoms with Crippen LogP contribution in [-0.4, -0.2) is 13.5 Å². The van der Waals surface area contributed by atoms with Crippen molar-refractivity contribution in [2.24, 2.45) is 0 Å². The fraction of sp³-hybridized carbons (Fsp3) is 1.00. The van der Waals surface area contributed by atoms with Gasteiger partial charge in [-0.15, -0.1) is 5.48 Å². The number of hydrogen-bond donors (Lipinski definition) is 1. The van der Waals surface area contributed by atoms with Crippen LogP contribution in [0.2, 0.25) is 0 Å². The van der Waals surface area contributed by atoms with Gasteiger partial charge in [0.05, 0.1) is 0 Å². The van der Waals surface area contributed by atoms with Gasteiger partial charge in [0.25, 0.3) is 6.41 Å². The van der Waals surface area contributed by atoms with Crippen molar-refractivity contribution in [3.8, 4) is 0 Å². The van der Waals surface area contributed by atoms with Crippen molar-refractivity contribution in [2.45, 2.75) is 6.41 Å². The molecule has 0 aromatic carbocycles. The highest BCUT2D eigenvalue weighted by atomic mass is 16.9. The lowest BCUT2D eigenvalue weighted by Crippen LogP contribution is -1.89. The summed E-state index contributed by atoms with van der Waals surface area (Å²) in [6.07, 6.45) is -0.116. The second kappa shape index (κ2) is 0.931. The summed E-state index contributed by atoms with van der Waals surface area (Å²) in [5.74, 6) is 0. The number of hydroxylamine groups is 1. The van der Waals surface area contributed by atoms with E-state index in [1.807, 2.05) is 0 Å². The largest absolute Gasteiger partial charge is 0.341 e. The van der Waals surface area contributed by atoms with Crippen LogP contribution in [0.15, 0.2) is 0 Å². The molecule has 1 unspecified atom stereocenters. The van der Waals surface area contributed by atoms with Gasteiger partial charge in [0.15, 0.2) is 0 Å². The van der Waals surface area contributed by atoms with Crippen LogP contribution >= 0.6 is 0 Å². The Balaban J connectivity index is 2.00. The minimum absolute atomic E-state index is 0.116. The molecule has 1 rings (SSSR count). The monoisotopic (exact) mass is 75.0 g/mol. The van der Waals surface area contributed by atoms with Crippen LogP contribution in [-0.2, 0) is 9.57 Å². The van der Waals surface area contributed by atoms with Crippen molar-refractivity contribution in [1.29, 1.82) is 0 Å². The molecule has 0 spiro atoms. The van der Waals surface area contributed by atoms with Gasteiger partial charge in [-0.1, -0.05) is 0 Å². The van der Waals surface area contributed by atoms with E-state index >= 15 is 0 Å². The Morgan fingerprint density at radius 2 is 2.60 bits per heavy atom. The molecule has 1 aliphatic rings. The molecule has 3 nitrogen and oxygen atoms in total. The van der Waals surface area contributed by atoms with Gasteiger partial charge in [-0.3, -0.25) is 0 Å². The van der Waals surface area contributed by atoms with Crippen molar-refractivity contribution in [3.63, 3.8) is 0 Å². The van der Waals surface area contributed by atoms with E-state index in [0.29, 0.717) is 0 Å². The highest BCUT2D eigenvalue weighted by molar-refractivity contribution is 4.34. The van der Waals surface area contributed by atoms with Crippen LogP contribution in [0.4, 0.5) is 0 Å². The molecule has 0 aliphatic carbocycles. The van der Waals surface area contributed by atoms with E-state index < -0.39 is 0 Å². The lowest BCUT2D eigenvalue weighted by molar-refractivity contribution is 0.0950. The molecule has 0 aromatic rings. The third kappa shape index (κ3) is 0.576. The maximum Gasteiger partial charge on any atom is 0.256 e. The Bertz CT molecular complexity index is 34.6.